The minimum absolute atomic E-state index is 0. The Morgan fingerprint density at radius 1 is 1.03 bits per heavy atom. The van der Waals surface area contributed by atoms with Gasteiger partial charge in [-0.15, -0.1) is 0 Å². The number of Topliss-reactive ketones (excluding diaryl/α,β-unsaturated/α-hetero) is 1. The first-order chi connectivity index (χ1) is 15.0. The van der Waals surface area contributed by atoms with E-state index in [4.69, 9.17) is 9.47 Å². The second-order valence-electron chi connectivity index (χ2n) is 8.05. The van der Waals surface area contributed by atoms with E-state index in [1.54, 1.807) is 6.20 Å². The number of ketones is 1. The van der Waals surface area contributed by atoms with Gasteiger partial charge in [-0.3, -0.25) is 14.6 Å². The van der Waals surface area contributed by atoms with Gasteiger partial charge in [-0.2, -0.15) is 0 Å². The van der Waals surface area contributed by atoms with Crippen molar-refractivity contribution >= 4 is 17.4 Å². The number of amides is 1. The van der Waals surface area contributed by atoms with E-state index in [0.29, 0.717) is 12.2 Å². The summed E-state index contributed by atoms with van der Waals surface area (Å²) in [6, 6.07) is 17.2. The van der Waals surface area contributed by atoms with Crippen molar-refractivity contribution in [3.05, 3.63) is 72.1 Å². The lowest BCUT2D eigenvalue weighted by Crippen LogP contribution is -2.22. The highest BCUT2D eigenvalue weighted by Crippen LogP contribution is 2.51. The molecule has 1 saturated carbocycles. The first kappa shape index (κ1) is 19.3. The van der Waals surface area contributed by atoms with Crippen LogP contribution in [0.25, 0.3) is 11.1 Å². The number of hydrogen-bond donors (Lipinski definition) is 1. The van der Waals surface area contributed by atoms with Crippen LogP contribution >= 0.6 is 0 Å². The molecule has 6 nitrogen and oxygen atoms in total. The van der Waals surface area contributed by atoms with E-state index < -0.39 is 5.41 Å². The standard InChI is InChI=1S/C25H22N2O4.H2/c1-16(28)27-21-4-2-3-17(11-21)18-5-7-20(26-14-18)13-24(29)25(9-10-25)19-6-8-22-23(12-19)31-15-30-22;/h2-8,11-12,14H,9-10,13,15H2,1H3,(H,27,28);1H. The van der Waals surface area contributed by atoms with Crippen molar-refractivity contribution in [3.63, 3.8) is 0 Å². The van der Waals surface area contributed by atoms with Crippen molar-refractivity contribution < 1.29 is 20.5 Å². The number of nitrogens with one attached hydrogen (secondary N) is 1. The number of benzene rings is 2. The fourth-order valence-corrected chi connectivity index (χ4v) is 4.06. The van der Waals surface area contributed by atoms with Crippen LogP contribution in [0.5, 0.6) is 11.5 Å². The van der Waals surface area contributed by atoms with Crippen LogP contribution in [0.4, 0.5) is 5.69 Å². The van der Waals surface area contributed by atoms with Crippen molar-refractivity contribution in [1.82, 2.24) is 4.98 Å². The van der Waals surface area contributed by atoms with Gasteiger partial charge in [0.25, 0.3) is 0 Å². The molecule has 0 atom stereocenters. The third kappa shape index (κ3) is 3.77. The number of hydrogen-bond acceptors (Lipinski definition) is 5. The Bertz CT molecular complexity index is 1170. The number of nitrogens with zero attached hydrogens (tertiary/aromatic N) is 1. The van der Waals surface area contributed by atoms with Crippen LogP contribution < -0.4 is 14.8 Å². The Hall–Kier alpha value is -3.67. The highest BCUT2D eigenvalue weighted by molar-refractivity contribution is 5.94. The van der Waals surface area contributed by atoms with Crippen molar-refractivity contribution in [2.45, 2.75) is 31.6 Å². The molecule has 1 aliphatic carbocycles. The molecule has 1 fully saturated rings. The van der Waals surface area contributed by atoms with Gasteiger partial charge in [0, 0.05) is 37.9 Å². The molecular weight excluding hydrogens is 392 g/mol. The quantitative estimate of drug-likeness (QED) is 0.639. The van der Waals surface area contributed by atoms with Gasteiger partial charge in [0.1, 0.15) is 5.78 Å². The molecule has 1 amide bonds. The topological polar surface area (TPSA) is 77.5 Å². The lowest BCUT2D eigenvalue weighted by Gasteiger charge is -2.15. The molecule has 0 saturated heterocycles. The largest absolute Gasteiger partial charge is 0.454 e. The predicted molar refractivity (Wildman–Crippen MR) is 118 cm³/mol. The Kier molecular flexibility index (Phi) is 4.70. The maximum Gasteiger partial charge on any atom is 0.231 e. The van der Waals surface area contributed by atoms with Crippen molar-refractivity contribution in [2.24, 2.45) is 0 Å². The van der Waals surface area contributed by atoms with Crippen LogP contribution in [0.15, 0.2) is 60.8 Å². The van der Waals surface area contributed by atoms with E-state index in [1.165, 1.54) is 6.92 Å². The summed E-state index contributed by atoms with van der Waals surface area (Å²) in [5.74, 6) is 1.51. The highest BCUT2D eigenvalue weighted by atomic mass is 16.7. The van der Waals surface area contributed by atoms with Crippen LogP contribution in [-0.4, -0.2) is 23.5 Å². The van der Waals surface area contributed by atoms with Gasteiger partial charge >= 0.3 is 0 Å². The van der Waals surface area contributed by atoms with E-state index >= 15 is 0 Å². The van der Waals surface area contributed by atoms with E-state index in [9.17, 15) is 9.59 Å². The first-order valence-electron chi connectivity index (χ1n) is 10.3. The SMILES string of the molecule is CC(=O)Nc1cccc(-c2ccc(CC(=O)C3(c4ccc5c(c4)OCO5)CC3)nc2)c1.[HH]. The first-order valence-corrected chi connectivity index (χ1v) is 10.3. The fourth-order valence-electron chi connectivity index (χ4n) is 4.06. The molecule has 5 rings (SSSR count). The smallest absolute Gasteiger partial charge is 0.231 e. The molecule has 2 aromatic carbocycles. The van der Waals surface area contributed by atoms with Gasteiger partial charge in [-0.25, -0.2) is 0 Å². The lowest BCUT2D eigenvalue weighted by molar-refractivity contribution is -0.121. The number of aromatic nitrogens is 1. The zero-order valence-electron chi connectivity index (χ0n) is 17.2. The van der Waals surface area contributed by atoms with Crippen LogP contribution in [0.1, 0.15) is 32.4 Å². The third-order valence-electron chi connectivity index (χ3n) is 5.89. The zero-order valence-corrected chi connectivity index (χ0v) is 17.2. The fraction of sp³-hybridized carbons (Fsp3) is 0.240. The second kappa shape index (κ2) is 7.54. The molecule has 2 heterocycles. The summed E-state index contributed by atoms with van der Waals surface area (Å²) in [4.78, 5) is 29.0. The van der Waals surface area contributed by atoms with Crippen LogP contribution in [0, 0.1) is 0 Å². The molecule has 31 heavy (non-hydrogen) atoms. The van der Waals surface area contributed by atoms with Crippen molar-refractivity contribution in [1.29, 1.82) is 0 Å². The minimum atomic E-state index is -0.436. The Balaban J connectivity index is 0.00000245. The van der Waals surface area contributed by atoms with E-state index in [-0.39, 0.29) is 19.9 Å². The second-order valence-corrected chi connectivity index (χ2v) is 8.05. The molecular formula is C25H24N2O4. The van der Waals surface area contributed by atoms with E-state index in [0.717, 1.165) is 46.7 Å². The molecule has 2 aliphatic rings. The molecule has 0 bridgehead atoms. The molecule has 3 aromatic rings. The Labute approximate surface area is 181 Å². The van der Waals surface area contributed by atoms with Crippen molar-refractivity contribution in [2.75, 3.05) is 12.1 Å². The number of pyridine rings is 1. The van der Waals surface area contributed by atoms with Crippen LogP contribution in [0.3, 0.4) is 0 Å². The maximum absolute atomic E-state index is 13.1. The number of anilines is 1. The molecule has 1 aliphatic heterocycles. The molecule has 158 valence electrons. The summed E-state index contributed by atoms with van der Waals surface area (Å²) in [7, 11) is 0. The summed E-state index contributed by atoms with van der Waals surface area (Å²) in [6.07, 6.45) is 3.76. The number of fused-ring (bicyclic) bond motifs is 1. The minimum Gasteiger partial charge on any atom is -0.454 e. The van der Waals surface area contributed by atoms with E-state index in [1.807, 2.05) is 54.6 Å². The average Bonchev–Trinajstić information content (AvgIpc) is 3.45. The van der Waals surface area contributed by atoms with E-state index in [2.05, 4.69) is 10.3 Å². The van der Waals surface area contributed by atoms with Crippen LogP contribution in [-0.2, 0) is 21.4 Å². The predicted octanol–water partition coefficient (Wildman–Crippen LogP) is 4.53. The summed E-state index contributed by atoms with van der Waals surface area (Å²) < 4.78 is 10.9. The van der Waals surface area contributed by atoms with Gasteiger partial charge in [-0.05, 0) is 54.3 Å². The van der Waals surface area contributed by atoms with Crippen LogP contribution in [0.2, 0.25) is 0 Å². The summed E-state index contributed by atoms with van der Waals surface area (Å²) in [5.41, 5.74) is 3.93. The van der Waals surface area contributed by atoms with Gasteiger partial charge in [-0.1, -0.05) is 24.3 Å². The highest BCUT2D eigenvalue weighted by Gasteiger charge is 2.50. The van der Waals surface area contributed by atoms with Gasteiger partial charge in [0.15, 0.2) is 11.5 Å². The lowest BCUT2D eigenvalue weighted by atomic mass is 9.88. The zero-order chi connectivity index (χ0) is 21.4. The molecule has 1 aromatic heterocycles. The van der Waals surface area contributed by atoms with Gasteiger partial charge < -0.3 is 14.8 Å². The van der Waals surface area contributed by atoms with Gasteiger partial charge in [0.2, 0.25) is 12.7 Å². The molecule has 6 heteroatoms. The molecule has 0 radical (unpaired) electrons. The van der Waals surface area contributed by atoms with Gasteiger partial charge in [0.05, 0.1) is 5.41 Å². The summed E-state index contributed by atoms with van der Waals surface area (Å²) in [6.45, 7) is 1.71. The third-order valence-corrected chi connectivity index (χ3v) is 5.89. The summed E-state index contributed by atoms with van der Waals surface area (Å²) >= 11 is 0. The summed E-state index contributed by atoms with van der Waals surface area (Å²) in [5, 5.41) is 2.79. The monoisotopic (exact) mass is 416 g/mol. The molecule has 0 spiro atoms. The Morgan fingerprint density at radius 3 is 2.61 bits per heavy atom. The number of carbonyl (C=O) groups is 2. The maximum atomic E-state index is 13.1. The molecule has 1 N–H and O–H groups in total. The Morgan fingerprint density at radius 2 is 1.87 bits per heavy atom. The average molecular weight is 416 g/mol. The number of ether oxygens (including phenoxy) is 2. The van der Waals surface area contributed by atoms with Crippen molar-refractivity contribution in [3.8, 4) is 22.6 Å². The normalized spacial score (nSPS) is 15.4. The number of carbonyl (C=O) groups excluding carboxylic acids is 2. The molecule has 0 unspecified atom stereocenters. The number of rotatable bonds is 6.